The first kappa shape index (κ1) is 14.9. The van der Waals surface area contributed by atoms with E-state index in [4.69, 9.17) is 9.47 Å². The summed E-state index contributed by atoms with van der Waals surface area (Å²) in [6.45, 7) is 5.11. The average Bonchev–Trinajstić information content (AvgIpc) is 2.49. The van der Waals surface area contributed by atoms with Crippen LogP contribution in [0.25, 0.3) is 0 Å². The number of esters is 1. The minimum absolute atomic E-state index is 0.297. The molecule has 0 unspecified atom stereocenters. The third-order valence-corrected chi connectivity index (χ3v) is 3.54. The number of rotatable bonds is 6. The van der Waals surface area contributed by atoms with Crippen molar-refractivity contribution in [2.75, 3.05) is 26.3 Å². The molecule has 0 saturated carbocycles. The monoisotopic (exact) mass is 277 g/mol. The maximum atomic E-state index is 11.6. The Morgan fingerprint density at radius 2 is 2.35 bits per heavy atom. The number of ether oxygens (including phenoxy) is 2. The van der Waals surface area contributed by atoms with E-state index in [1.54, 1.807) is 19.1 Å². The smallest absolute Gasteiger partial charge is 0.338 e. The third-order valence-electron chi connectivity index (χ3n) is 3.54. The zero-order valence-electron chi connectivity index (χ0n) is 12.1. The van der Waals surface area contributed by atoms with E-state index in [9.17, 15) is 4.79 Å². The Labute approximate surface area is 120 Å². The van der Waals surface area contributed by atoms with E-state index in [2.05, 4.69) is 5.32 Å². The van der Waals surface area contributed by atoms with Crippen LogP contribution in [0.2, 0.25) is 0 Å². The summed E-state index contributed by atoms with van der Waals surface area (Å²) < 4.78 is 10.7. The molecule has 1 N–H and O–H groups in total. The van der Waals surface area contributed by atoms with Gasteiger partial charge in [0.15, 0.2) is 0 Å². The topological polar surface area (TPSA) is 47.6 Å². The molecule has 0 spiro atoms. The summed E-state index contributed by atoms with van der Waals surface area (Å²) >= 11 is 0. The predicted octanol–water partition coefficient (Wildman–Crippen LogP) is 2.63. The van der Waals surface area contributed by atoms with Crippen LogP contribution in [0.3, 0.4) is 0 Å². The highest BCUT2D eigenvalue weighted by Gasteiger charge is 2.13. The van der Waals surface area contributed by atoms with Gasteiger partial charge in [-0.3, -0.25) is 0 Å². The molecule has 0 aromatic heterocycles. The molecule has 110 valence electrons. The van der Waals surface area contributed by atoms with Crippen LogP contribution in [0.4, 0.5) is 0 Å². The Morgan fingerprint density at radius 3 is 3.10 bits per heavy atom. The van der Waals surface area contributed by atoms with Crippen LogP contribution in [0, 0.1) is 5.92 Å². The Hall–Kier alpha value is -1.55. The van der Waals surface area contributed by atoms with Gasteiger partial charge in [-0.25, -0.2) is 4.79 Å². The predicted molar refractivity (Wildman–Crippen MR) is 78.1 cm³/mol. The first-order valence-electron chi connectivity index (χ1n) is 7.40. The van der Waals surface area contributed by atoms with Gasteiger partial charge >= 0.3 is 5.97 Å². The summed E-state index contributed by atoms with van der Waals surface area (Å²) in [5, 5.41) is 3.40. The molecule has 20 heavy (non-hydrogen) atoms. The Bertz CT molecular complexity index is 427. The summed E-state index contributed by atoms with van der Waals surface area (Å²) in [5.41, 5.74) is 0.545. The van der Waals surface area contributed by atoms with Crippen LogP contribution in [0.15, 0.2) is 24.3 Å². The number of carbonyl (C=O) groups is 1. The molecule has 1 aromatic rings. The first-order chi connectivity index (χ1) is 9.79. The van der Waals surface area contributed by atoms with E-state index in [0.29, 0.717) is 24.7 Å². The molecule has 0 aliphatic carbocycles. The molecule has 1 aliphatic rings. The highest BCUT2D eigenvalue weighted by molar-refractivity contribution is 5.89. The molecular formula is C16H23NO3. The largest absolute Gasteiger partial charge is 0.494 e. The quantitative estimate of drug-likeness (QED) is 0.812. The van der Waals surface area contributed by atoms with Crippen molar-refractivity contribution in [1.82, 2.24) is 5.32 Å². The third kappa shape index (κ3) is 4.53. The molecule has 1 fully saturated rings. The summed E-state index contributed by atoms with van der Waals surface area (Å²) in [5.74, 6) is 1.14. The molecule has 0 bridgehead atoms. The second-order valence-electron chi connectivity index (χ2n) is 5.10. The summed E-state index contributed by atoms with van der Waals surface area (Å²) in [7, 11) is 0. The number of nitrogens with one attached hydrogen (secondary N) is 1. The molecule has 4 heteroatoms. The van der Waals surface area contributed by atoms with Crippen molar-refractivity contribution in [3.05, 3.63) is 29.8 Å². The first-order valence-corrected chi connectivity index (χ1v) is 7.40. The molecule has 1 heterocycles. The van der Waals surface area contributed by atoms with E-state index in [1.807, 2.05) is 12.1 Å². The standard InChI is InChI=1S/C16H23NO3/c1-2-19-16(18)14-6-3-7-15(11-14)20-10-8-13-5-4-9-17-12-13/h3,6-7,11,13,17H,2,4-5,8-10,12H2,1H3/t13-/m0/s1. The van der Waals surface area contributed by atoms with Crippen LogP contribution < -0.4 is 10.1 Å². The second kappa shape index (κ2) is 7.90. The van der Waals surface area contributed by atoms with Gasteiger partial charge in [-0.1, -0.05) is 6.07 Å². The molecule has 4 nitrogen and oxygen atoms in total. The number of hydrogen-bond donors (Lipinski definition) is 1. The van der Waals surface area contributed by atoms with E-state index >= 15 is 0 Å². The lowest BCUT2D eigenvalue weighted by Crippen LogP contribution is -2.30. The molecule has 0 radical (unpaired) electrons. The van der Waals surface area contributed by atoms with Gasteiger partial charge < -0.3 is 14.8 Å². The van der Waals surface area contributed by atoms with Gasteiger partial charge in [-0.15, -0.1) is 0 Å². The molecule has 1 aliphatic heterocycles. The fraction of sp³-hybridized carbons (Fsp3) is 0.562. The van der Waals surface area contributed by atoms with Crippen molar-refractivity contribution < 1.29 is 14.3 Å². The van der Waals surface area contributed by atoms with Crippen LogP contribution in [-0.4, -0.2) is 32.3 Å². The molecule has 1 atom stereocenters. The van der Waals surface area contributed by atoms with Crippen LogP contribution in [0.5, 0.6) is 5.75 Å². The van der Waals surface area contributed by atoms with Crippen molar-refractivity contribution in [3.63, 3.8) is 0 Å². The minimum Gasteiger partial charge on any atom is -0.494 e. The summed E-state index contributed by atoms with van der Waals surface area (Å²) in [6, 6.07) is 7.19. The summed E-state index contributed by atoms with van der Waals surface area (Å²) in [6.07, 6.45) is 3.58. The van der Waals surface area contributed by atoms with Crippen molar-refractivity contribution in [1.29, 1.82) is 0 Å². The van der Waals surface area contributed by atoms with Gasteiger partial charge in [0.25, 0.3) is 0 Å². The lowest BCUT2D eigenvalue weighted by Gasteiger charge is -2.22. The molecule has 1 aromatic carbocycles. The Kier molecular flexibility index (Phi) is 5.87. The highest BCUT2D eigenvalue weighted by Crippen LogP contribution is 2.17. The van der Waals surface area contributed by atoms with Gasteiger partial charge in [-0.05, 0) is 63.4 Å². The molecule has 0 amide bonds. The lowest BCUT2D eigenvalue weighted by molar-refractivity contribution is 0.0526. The maximum absolute atomic E-state index is 11.6. The van der Waals surface area contributed by atoms with Crippen molar-refractivity contribution in [2.45, 2.75) is 26.2 Å². The van der Waals surface area contributed by atoms with E-state index in [1.165, 1.54) is 12.8 Å². The van der Waals surface area contributed by atoms with Crippen molar-refractivity contribution in [3.8, 4) is 5.75 Å². The second-order valence-corrected chi connectivity index (χ2v) is 5.10. The van der Waals surface area contributed by atoms with Crippen LogP contribution >= 0.6 is 0 Å². The average molecular weight is 277 g/mol. The number of hydrogen-bond acceptors (Lipinski definition) is 4. The summed E-state index contributed by atoms with van der Waals surface area (Å²) in [4.78, 5) is 11.6. The highest BCUT2D eigenvalue weighted by atomic mass is 16.5. The Balaban J connectivity index is 1.80. The SMILES string of the molecule is CCOC(=O)c1cccc(OCC[C@@H]2CCCNC2)c1. The maximum Gasteiger partial charge on any atom is 0.338 e. The number of carbonyl (C=O) groups excluding carboxylic acids is 1. The zero-order chi connectivity index (χ0) is 14.2. The number of piperidine rings is 1. The number of benzene rings is 1. The fourth-order valence-electron chi connectivity index (χ4n) is 2.44. The van der Waals surface area contributed by atoms with Gasteiger partial charge in [0.2, 0.25) is 0 Å². The molecular weight excluding hydrogens is 254 g/mol. The zero-order valence-corrected chi connectivity index (χ0v) is 12.1. The van der Waals surface area contributed by atoms with E-state index < -0.39 is 0 Å². The minimum atomic E-state index is -0.297. The van der Waals surface area contributed by atoms with E-state index in [-0.39, 0.29) is 5.97 Å². The van der Waals surface area contributed by atoms with Gasteiger partial charge in [-0.2, -0.15) is 0 Å². The fourth-order valence-corrected chi connectivity index (χ4v) is 2.44. The molecule has 2 rings (SSSR count). The van der Waals surface area contributed by atoms with Gasteiger partial charge in [0.05, 0.1) is 18.8 Å². The van der Waals surface area contributed by atoms with Crippen molar-refractivity contribution >= 4 is 5.97 Å². The normalized spacial score (nSPS) is 18.6. The van der Waals surface area contributed by atoms with Crippen LogP contribution in [-0.2, 0) is 4.74 Å². The van der Waals surface area contributed by atoms with Crippen molar-refractivity contribution in [2.24, 2.45) is 5.92 Å². The lowest BCUT2D eigenvalue weighted by atomic mass is 9.97. The molecule has 1 saturated heterocycles. The van der Waals surface area contributed by atoms with Gasteiger partial charge in [0, 0.05) is 0 Å². The van der Waals surface area contributed by atoms with Crippen LogP contribution in [0.1, 0.15) is 36.5 Å². The van der Waals surface area contributed by atoms with E-state index in [0.717, 1.165) is 25.3 Å². The Morgan fingerprint density at radius 1 is 1.45 bits per heavy atom. The van der Waals surface area contributed by atoms with Gasteiger partial charge in [0.1, 0.15) is 5.75 Å².